The number of rotatable bonds is 5. The molecule has 1 rings (SSSR count). The molecule has 0 fully saturated rings. The van der Waals surface area contributed by atoms with Crippen molar-refractivity contribution in [2.24, 2.45) is 0 Å². The van der Waals surface area contributed by atoms with E-state index in [1.807, 2.05) is 20.8 Å². The van der Waals surface area contributed by atoms with E-state index in [0.29, 0.717) is 11.3 Å². The number of nitrogens with one attached hydrogen (secondary N) is 3. The highest BCUT2D eigenvalue weighted by Crippen LogP contribution is 2.13. The van der Waals surface area contributed by atoms with Gasteiger partial charge in [0.2, 0.25) is 0 Å². The standard InChI is InChI=1S/C19H29N3O5/c1-18(2,3)22-16(25)20-13-9-7-12(8-10-13)11-14(15(23)24)21-17(26)27-19(4,5)6/h7-10,14H,11H2,1-6H3,(H,21,26)(H,23,24)(H2,20,22,25)/t14-/m0/s1. The quantitative estimate of drug-likeness (QED) is 0.627. The van der Waals surface area contributed by atoms with E-state index >= 15 is 0 Å². The lowest BCUT2D eigenvalue weighted by Crippen LogP contribution is -2.44. The molecule has 0 unspecified atom stereocenters. The first-order chi connectivity index (χ1) is 12.2. The average Bonchev–Trinajstić information content (AvgIpc) is 2.44. The van der Waals surface area contributed by atoms with Crippen LogP contribution in [0.4, 0.5) is 15.3 Å². The predicted octanol–water partition coefficient (Wildman–Crippen LogP) is 3.13. The molecule has 0 saturated heterocycles. The summed E-state index contributed by atoms with van der Waals surface area (Å²) in [5.74, 6) is -1.16. The van der Waals surface area contributed by atoms with Crippen LogP contribution in [0.15, 0.2) is 24.3 Å². The minimum atomic E-state index is -1.16. The van der Waals surface area contributed by atoms with E-state index in [-0.39, 0.29) is 18.0 Å². The molecule has 150 valence electrons. The smallest absolute Gasteiger partial charge is 0.408 e. The van der Waals surface area contributed by atoms with E-state index in [0.717, 1.165) is 0 Å². The third-order valence-electron chi connectivity index (χ3n) is 3.13. The Morgan fingerprint density at radius 2 is 1.59 bits per heavy atom. The maximum Gasteiger partial charge on any atom is 0.408 e. The van der Waals surface area contributed by atoms with Crippen molar-refractivity contribution in [2.75, 3.05) is 5.32 Å². The summed E-state index contributed by atoms with van der Waals surface area (Å²) >= 11 is 0. The molecular formula is C19H29N3O5. The summed E-state index contributed by atoms with van der Waals surface area (Å²) in [5.41, 5.74) is 0.202. The number of hydrogen-bond donors (Lipinski definition) is 4. The molecule has 4 N–H and O–H groups in total. The number of urea groups is 1. The van der Waals surface area contributed by atoms with Crippen LogP contribution in [0.25, 0.3) is 0 Å². The first kappa shape index (κ1) is 22.3. The van der Waals surface area contributed by atoms with Crippen LogP contribution in [-0.2, 0) is 16.0 Å². The second-order valence-corrected chi connectivity index (χ2v) is 8.27. The van der Waals surface area contributed by atoms with Crippen LogP contribution >= 0.6 is 0 Å². The second-order valence-electron chi connectivity index (χ2n) is 8.27. The number of carbonyl (C=O) groups is 3. The zero-order valence-corrected chi connectivity index (χ0v) is 16.7. The van der Waals surface area contributed by atoms with Gasteiger partial charge in [0.15, 0.2) is 0 Å². The van der Waals surface area contributed by atoms with Crippen LogP contribution in [0.5, 0.6) is 0 Å². The summed E-state index contributed by atoms with van der Waals surface area (Å²) in [6, 6.07) is 5.28. The number of carboxylic acids is 1. The number of carboxylic acid groups (broad SMARTS) is 1. The van der Waals surface area contributed by atoms with Crippen molar-refractivity contribution in [2.45, 2.75) is 65.1 Å². The zero-order chi connectivity index (χ0) is 20.8. The highest BCUT2D eigenvalue weighted by Gasteiger charge is 2.24. The fourth-order valence-corrected chi connectivity index (χ4v) is 2.11. The molecule has 27 heavy (non-hydrogen) atoms. The molecule has 3 amide bonds. The van der Waals surface area contributed by atoms with Crippen LogP contribution < -0.4 is 16.0 Å². The van der Waals surface area contributed by atoms with E-state index in [1.165, 1.54) is 0 Å². The van der Waals surface area contributed by atoms with E-state index < -0.39 is 23.7 Å². The van der Waals surface area contributed by atoms with Crippen LogP contribution in [0.1, 0.15) is 47.1 Å². The van der Waals surface area contributed by atoms with E-state index in [9.17, 15) is 19.5 Å². The number of benzene rings is 1. The SMILES string of the molecule is CC(C)(C)NC(=O)Nc1ccc(C[C@H](NC(=O)OC(C)(C)C)C(=O)O)cc1. The van der Waals surface area contributed by atoms with Gasteiger partial charge in [-0.3, -0.25) is 0 Å². The number of alkyl carbamates (subject to hydrolysis) is 1. The number of hydrogen-bond acceptors (Lipinski definition) is 4. The van der Waals surface area contributed by atoms with Gasteiger partial charge in [0, 0.05) is 17.6 Å². The van der Waals surface area contributed by atoms with Gasteiger partial charge in [0.05, 0.1) is 0 Å². The summed E-state index contributed by atoms with van der Waals surface area (Å²) in [5, 5.41) is 17.2. The molecule has 1 atom stereocenters. The molecule has 0 aromatic heterocycles. The van der Waals surface area contributed by atoms with Gasteiger partial charge >= 0.3 is 18.1 Å². The topological polar surface area (TPSA) is 117 Å². The zero-order valence-electron chi connectivity index (χ0n) is 16.7. The van der Waals surface area contributed by atoms with Gasteiger partial charge in [0.25, 0.3) is 0 Å². The Balaban J connectivity index is 2.69. The molecule has 1 aromatic rings. The molecule has 8 heteroatoms. The largest absolute Gasteiger partial charge is 0.480 e. The molecule has 0 aliphatic heterocycles. The summed E-state index contributed by atoms with van der Waals surface area (Å²) in [6.45, 7) is 10.7. The molecule has 8 nitrogen and oxygen atoms in total. The van der Waals surface area contributed by atoms with Crippen molar-refractivity contribution in [3.05, 3.63) is 29.8 Å². The molecule has 0 radical (unpaired) electrons. The Kier molecular flexibility index (Phi) is 7.21. The first-order valence-corrected chi connectivity index (χ1v) is 8.65. The molecule has 1 aromatic carbocycles. The number of amides is 3. The summed E-state index contributed by atoms with van der Waals surface area (Å²) in [7, 11) is 0. The normalized spacial score (nSPS) is 12.7. The highest BCUT2D eigenvalue weighted by atomic mass is 16.6. The van der Waals surface area contributed by atoms with Crippen LogP contribution in [0.3, 0.4) is 0 Å². The third kappa shape index (κ3) is 9.48. The molecule has 0 spiro atoms. The minimum Gasteiger partial charge on any atom is -0.480 e. The summed E-state index contributed by atoms with van der Waals surface area (Å²) < 4.78 is 5.09. The molecule has 0 aliphatic rings. The predicted molar refractivity (Wildman–Crippen MR) is 103 cm³/mol. The fourth-order valence-electron chi connectivity index (χ4n) is 2.11. The molecule has 0 saturated carbocycles. The summed E-state index contributed by atoms with van der Waals surface area (Å²) in [6.07, 6.45) is -0.699. The Morgan fingerprint density at radius 3 is 2.04 bits per heavy atom. The average molecular weight is 379 g/mol. The Morgan fingerprint density at radius 1 is 1.04 bits per heavy atom. The third-order valence-corrected chi connectivity index (χ3v) is 3.13. The van der Waals surface area contributed by atoms with Crippen molar-refractivity contribution >= 4 is 23.8 Å². The number of aliphatic carboxylic acids is 1. The second kappa shape index (κ2) is 8.75. The van der Waals surface area contributed by atoms with Crippen molar-refractivity contribution in [1.82, 2.24) is 10.6 Å². The number of carbonyl (C=O) groups excluding carboxylic acids is 2. The van der Waals surface area contributed by atoms with Gasteiger partial charge in [0.1, 0.15) is 11.6 Å². The molecule has 0 bridgehead atoms. The molecule has 0 heterocycles. The maximum absolute atomic E-state index is 11.9. The summed E-state index contributed by atoms with van der Waals surface area (Å²) in [4.78, 5) is 35.1. The van der Waals surface area contributed by atoms with Gasteiger partial charge in [-0.1, -0.05) is 12.1 Å². The van der Waals surface area contributed by atoms with Crippen LogP contribution in [-0.4, -0.2) is 40.4 Å². The van der Waals surface area contributed by atoms with Gasteiger partial charge in [-0.25, -0.2) is 14.4 Å². The first-order valence-electron chi connectivity index (χ1n) is 8.65. The monoisotopic (exact) mass is 379 g/mol. The lowest BCUT2D eigenvalue weighted by Gasteiger charge is -2.22. The van der Waals surface area contributed by atoms with Crippen LogP contribution in [0, 0.1) is 0 Å². The minimum absolute atomic E-state index is 0.0864. The lowest BCUT2D eigenvalue weighted by molar-refractivity contribution is -0.139. The van der Waals surface area contributed by atoms with Crippen molar-refractivity contribution in [1.29, 1.82) is 0 Å². The van der Waals surface area contributed by atoms with Crippen molar-refractivity contribution in [3.8, 4) is 0 Å². The van der Waals surface area contributed by atoms with Gasteiger partial charge in [-0.15, -0.1) is 0 Å². The Labute approximate surface area is 159 Å². The van der Waals surface area contributed by atoms with E-state index in [1.54, 1.807) is 45.0 Å². The number of anilines is 1. The maximum atomic E-state index is 11.9. The highest BCUT2D eigenvalue weighted by molar-refractivity contribution is 5.89. The van der Waals surface area contributed by atoms with Crippen LogP contribution in [0.2, 0.25) is 0 Å². The Bertz CT molecular complexity index is 672. The van der Waals surface area contributed by atoms with Crippen molar-refractivity contribution < 1.29 is 24.2 Å². The van der Waals surface area contributed by atoms with Gasteiger partial charge < -0.3 is 25.8 Å². The van der Waals surface area contributed by atoms with E-state index in [2.05, 4.69) is 16.0 Å². The molecule has 0 aliphatic carbocycles. The van der Waals surface area contributed by atoms with E-state index in [4.69, 9.17) is 4.74 Å². The van der Waals surface area contributed by atoms with Crippen molar-refractivity contribution in [3.63, 3.8) is 0 Å². The molecular weight excluding hydrogens is 350 g/mol. The van der Waals surface area contributed by atoms with Gasteiger partial charge in [-0.05, 0) is 59.2 Å². The van der Waals surface area contributed by atoms with Gasteiger partial charge in [-0.2, -0.15) is 0 Å². The Hall–Kier alpha value is -2.77. The lowest BCUT2D eigenvalue weighted by atomic mass is 10.1. The number of ether oxygens (including phenoxy) is 1. The fraction of sp³-hybridized carbons (Fsp3) is 0.526.